The summed E-state index contributed by atoms with van der Waals surface area (Å²) < 4.78 is 0. The molecule has 9 heteroatoms. The molecule has 0 bridgehead atoms. The second kappa shape index (κ2) is 9.12. The molecule has 2 amide bonds. The number of nitrogens with one attached hydrogen (secondary N) is 3. The molecule has 0 aromatic heterocycles. The first-order valence-electron chi connectivity index (χ1n) is 7.34. The van der Waals surface area contributed by atoms with Crippen molar-refractivity contribution in [3.63, 3.8) is 0 Å². The number of aliphatic hydroxyl groups is 1. The van der Waals surface area contributed by atoms with Gasteiger partial charge in [0.1, 0.15) is 0 Å². The monoisotopic (exact) mass is 402 g/mol. The molecule has 6 nitrogen and oxygen atoms in total. The van der Waals surface area contributed by atoms with Gasteiger partial charge >= 0.3 is 6.03 Å². The Bertz CT molecular complexity index is 771. The summed E-state index contributed by atoms with van der Waals surface area (Å²) in [7, 11) is 0. The molecule has 2 aromatic rings. The van der Waals surface area contributed by atoms with Crippen LogP contribution in [-0.4, -0.2) is 24.2 Å². The summed E-state index contributed by atoms with van der Waals surface area (Å²) in [5.74, 6) is 0. The van der Waals surface area contributed by atoms with Crippen LogP contribution in [0.2, 0.25) is 15.1 Å². The molecular weight excluding hydrogens is 387 g/mol. The average Bonchev–Trinajstić information content (AvgIpc) is 2.51. The minimum atomic E-state index is -0.528. The molecule has 0 saturated heterocycles. The smallest absolute Gasteiger partial charge is 0.323 e. The molecule has 0 fully saturated rings. The summed E-state index contributed by atoms with van der Waals surface area (Å²) in [4.78, 5) is 12.2. The lowest BCUT2D eigenvalue weighted by Gasteiger charge is -2.14. The number of rotatable bonds is 6. The maximum atomic E-state index is 12.2. The Labute approximate surface area is 160 Å². The Morgan fingerprint density at radius 2 is 1.68 bits per heavy atom. The van der Waals surface area contributed by atoms with Crippen LogP contribution in [0.1, 0.15) is 5.56 Å². The summed E-state index contributed by atoms with van der Waals surface area (Å²) >= 11 is 18.0. The lowest BCUT2D eigenvalue weighted by atomic mass is 10.2. The number of hydrogen-bond acceptors (Lipinski definition) is 4. The molecule has 0 atom stereocenters. The van der Waals surface area contributed by atoms with Crippen molar-refractivity contribution < 1.29 is 9.90 Å². The van der Waals surface area contributed by atoms with Gasteiger partial charge in [-0.3, -0.25) is 0 Å². The number of hydrogen-bond donors (Lipinski definition) is 5. The quantitative estimate of drug-likeness (QED) is 0.500. The minimum absolute atomic E-state index is 0.265. The number of carbonyl (C=O) groups excluding carboxylic acids is 1. The molecule has 0 unspecified atom stereocenters. The van der Waals surface area contributed by atoms with E-state index in [0.717, 1.165) is 5.69 Å². The molecule has 25 heavy (non-hydrogen) atoms. The van der Waals surface area contributed by atoms with Crippen LogP contribution < -0.4 is 21.7 Å². The molecule has 0 heterocycles. The highest BCUT2D eigenvalue weighted by atomic mass is 35.5. The number of halogens is 3. The van der Waals surface area contributed by atoms with Gasteiger partial charge < -0.3 is 26.8 Å². The van der Waals surface area contributed by atoms with Gasteiger partial charge in [0.05, 0.1) is 12.3 Å². The SMILES string of the molecule is NCCNc1cc(Cl)cc(NC(=O)Nc2cc(Cl)cc(Cl)c2CO)c1. The Balaban J connectivity index is 2.14. The highest BCUT2D eigenvalue weighted by molar-refractivity contribution is 6.35. The molecule has 0 spiro atoms. The predicted octanol–water partition coefficient (Wildman–Crippen LogP) is 4.15. The lowest BCUT2D eigenvalue weighted by Crippen LogP contribution is -2.20. The first-order chi connectivity index (χ1) is 11.9. The number of urea groups is 1. The van der Waals surface area contributed by atoms with E-state index in [-0.39, 0.29) is 11.6 Å². The van der Waals surface area contributed by atoms with Crippen LogP contribution in [0.4, 0.5) is 21.9 Å². The zero-order valence-corrected chi connectivity index (χ0v) is 15.3. The second-order valence-electron chi connectivity index (χ2n) is 5.09. The summed E-state index contributed by atoms with van der Waals surface area (Å²) in [6.45, 7) is 0.706. The topological polar surface area (TPSA) is 99.4 Å². The van der Waals surface area contributed by atoms with E-state index in [1.54, 1.807) is 18.2 Å². The zero-order chi connectivity index (χ0) is 18.4. The number of benzene rings is 2. The third-order valence-corrected chi connectivity index (χ3v) is 3.97. The highest BCUT2D eigenvalue weighted by Crippen LogP contribution is 2.29. The van der Waals surface area contributed by atoms with Crippen LogP contribution in [0.15, 0.2) is 30.3 Å². The third-order valence-electron chi connectivity index (χ3n) is 3.20. The summed E-state index contributed by atoms with van der Waals surface area (Å²) in [5, 5.41) is 18.8. The molecule has 0 aliphatic carbocycles. The highest BCUT2D eigenvalue weighted by Gasteiger charge is 2.12. The molecular formula is C16H17Cl3N4O2. The summed E-state index contributed by atoms with van der Waals surface area (Å²) in [6, 6.07) is 7.52. The van der Waals surface area contributed by atoms with Gasteiger partial charge in [-0.1, -0.05) is 34.8 Å². The van der Waals surface area contributed by atoms with E-state index in [2.05, 4.69) is 16.0 Å². The molecule has 0 aliphatic rings. The van der Waals surface area contributed by atoms with Gasteiger partial charge in [0.25, 0.3) is 0 Å². The van der Waals surface area contributed by atoms with Crippen molar-refractivity contribution in [3.05, 3.63) is 51.0 Å². The van der Waals surface area contributed by atoms with Crippen LogP contribution in [0, 0.1) is 0 Å². The van der Waals surface area contributed by atoms with E-state index in [9.17, 15) is 9.90 Å². The lowest BCUT2D eigenvalue weighted by molar-refractivity contribution is 0.262. The number of nitrogens with two attached hydrogens (primary N) is 1. The molecule has 0 radical (unpaired) electrons. The number of aliphatic hydroxyl groups excluding tert-OH is 1. The van der Waals surface area contributed by atoms with Crippen LogP contribution in [-0.2, 0) is 6.61 Å². The van der Waals surface area contributed by atoms with Gasteiger partial charge in [-0.2, -0.15) is 0 Å². The van der Waals surface area contributed by atoms with E-state index in [0.29, 0.717) is 40.1 Å². The van der Waals surface area contributed by atoms with Crippen molar-refractivity contribution >= 4 is 57.9 Å². The molecule has 134 valence electrons. The van der Waals surface area contributed by atoms with Gasteiger partial charge in [0, 0.05) is 45.1 Å². The fourth-order valence-electron chi connectivity index (χ4n) is 2.14. The van der Waals surface area contributed by atoms with Crippen molar-refractivity contribution in [3.8, 4) is 0 Å². The molecule has 0 aliphatic heterocycles. The fourth-order valence-corrected chi connectivity index (χ4v) is 2.93. The van der Waals surface area contributed by atoms with E-state index in [1.165, 1.54) is 12.1 Å². The van der Waals surface area contributed by atoms with Crippen molar-refractivity contribution in [1.82, 2.24) is 0 Å². The average molecular weight is 404 g/mol. The van der Waals surface area contributed by atoms with Crippen molar-refractivity contribution in [2.75, 3.05) is 29.0 Å². The molecule has 2 rings (SSSR count). The van der Waals surface area contributed by atoms with Gasteiger partial charge in [0.2, 0.25) is 0 Å². The summed E-state index contributed by atoms with van der Waals surface area (Å²) in [6.07, 6.45) is 0. The predicted molar refractivity (Wildman–Crippen MR) is 104 cm³/mol. The van der Waals surface area contributed by atoms with Crippen molar-refractivity contribution in [2.45, 2.75) is 6.61 Å². The fraction of sp³-hybridized carbons (Fsp3) is 0.188. The first-order valence-corrected chi connectivity index (χ1v) is 8.47. The third kappa shape index (κ3) is 5.66. The largest absolute Gasteiger partial charge is 0.392 e. The molecule has 0 saturated carbocycles. The number of amides is 2. The maximum Gasteiger partial charge on any atom is 0.323 e. The molecule has 2 aromatic carbocycles. The van der Waals surface area contributed by atoms with Gasteiger partial charge in [-0.25, -0.2) is 4.79 Å². The number of anilines is 3. The first kappa shape index (κ1) is 19.6. The normalized spacial score (nSPS) is 10.4. The zero-order valence-electron chi connectivity index (χ0n) is 13.1. The number of carbonyl (C=O) groups is 1. The van der Waals surface area contributed by atoms with Crippen molar-refractivity contribution in [2.24, 2.45) is 5.73 Å². The van der Waals surface area contributed by atoms with Gasteiger partial charge in [0.15, 0.2) is 0 Å². The van der Waals surface area contributed by atoms with E-state index >= 15 is 0 Å². The Morgan fingerprint density at radius 3 is 2.36 bits per heavy atom. The van der Waals surface area contributed by atoms with Crippen LogP contribution in [0.3, 0.4) is 0 Å². The van der Waals surface area contributed by atoms with E-state index in [1.807, 2.05) is 0 Å². The Kier molecular flexibility index (Phi) is 7.16. The van der Waals surface area contributed by atoms with E-state index < -0.39 is 6.03 Å². The van der Waals surface area contributed by atoms with Gasteiger partial charge in [-0.15, -0.1) is 0 Å². The molecule has 6 N–H and O–H groups in total. The summed E-state index contributed by atoms with van der Waals surface area (Å²) in [5.41, 5.74) is 7.37. The van der Waals surface area contributed by atoms with E-state index in [4.69, 9.17) is 40.5 Å². The Hall–Kier alpha value is -1.70. The van der Waals surface area contributed by atoms with Crippen LogP contribution in [0.5, 0.6) is 0 Å². The second-order valence-corrected chi connectivity index (χ2v) is 6.38. The van der Waals surface area contributed by atoms with Crippen LogP contribution >= 0.6 is 34.8 Å². The minimum Gasteiger partial charge on any atom is -0.392 e. The Morgan fingerprint density at radius 1 is 1.00 bits per heavy atom. The van der Waals surface area contributed by atoms with Crippen LogP contribution in [0.25, 0.3) is 0 Å². The standard InChI is InChI=1S/C16H17Cl3N4O2/c17-9-3-11(21-2-1-20)7-12(4-9)22-16(25)23-15-6-10(18)5-14(19)13(15)8-24/h3-7,21,24H,1-2,8,20H2,(H2,22,23,25). The maximum absolute atomic E-state index is 12.2. The van der Waals surface area contributed by atoms with Gasteiger partial charge in [-0.05, 0) is 30.3 Å². The van der Waals surface area contributed by atoms with Crippen molar-refractivity contribution in [1.29, 1.82) is 0 Å².